The summed E-state index contributed by atoms with van der Waals surface area (Å²) >= 11 is 0. The molecule has 0 spiro atoms. The molecule has 0 amide bonds. The Morgan fingerprint density at radius 3 is 0.652 bits per heavy atom. The average Bonchev–Trinajstić information content (AvgIpc) is 0.793. The van der Waals surface area contributed by atoms with E-state index in [0.29, 0.717) is 0 Å². The van der Waals surface area contributed by atoms with Crippen LogP contribution in [-0.2, 0) is 56.8 Å². The van der Waals surface area contributed by atoms with Crippen molar-refractivity contribution in [2.75, 3.05) is 140 Å². The third-order valence-corrected chi connectivity index (χ3v) is 20.5. The first-order valence-corrected chi connectivity index (χ1v) is 36.3. The fourth-order valence-electron chi connectivity index (χ4n) is 13.1. The van der Waals surface area contributed by atoms with Crippen molar-refractivity contribution in [3.05, 3.63) is 0 Å². The number of likely N-dealkylation sites (N-methyl/N-ethyl adjacent to an activating group) is 3. The predicted octanol–water partition coefficient (Wildman–Crippen LogP) is -22.7. The Labute approximate surface area is 640 Å². The summed E-state index contributed by atoms with van der Waals surface area (Å²) in [5.41, 5.74) is 0. The topological polar surface area (TPSA) is 791 Å². The van der Waals surface area contributed by atoms with Gasteiger partial charge in [0.05, 0.1) is 77.8 Å². The van der Waals surface area contributed by atoms with Crippen LogP contribution >= 0.6 is 0 Å². The van der Waals surface area contributed by atoms with Crippen molar-refractivity contribution in [3.8, 4) is 0 Å². The maximum absolute atomic E-state index is 11.1. The average molecular weight is 1650 g/mol. The van der Waals surface area contributed by atoms with Gasteiger partial charge in [-0.15, -0.1) is 0 Å². The van der Waals surface area contributed by atoms with Gasteiger partial charge in [0.2, 0.25) is 0 Å². The first kappa shape index (κ1) is 98.9. The molecule has 6 aliphatic heterocycles. The summed E-state index contributed by atoms with van der Waals surface area (Å²) in [6.45, 7) is -8.96. The van der Waals surface area contributed by atoms with Gasteiger partial charge in [0.1, 0.15) is 201 Å². The third kappa shape index (κ3) is 25.6. The number of rotatable bonds is 45. The van der Waals surface area contributed by atoms with Crippen LogP contribution in [0.2, 0.25) is 0 Å². The van der Waals surface area contributed by atoms with E-state index < -0.39 is 337 Å². The second-order valence-corrected chi connectivity index (χ2v) is 29.0. The molecule has 6 fully saturated rings. The van der Waals surface area contributed by atoms with Gasteiger partial charge in [-0.25, -0.2) is 0 Å². The number of hydrogen-bond donors (Lipinski definition) is 33. The molecule has 6 saturated heterocycles. The molecule has 662 valence electrons. The highest BCUT2D eigenvalue weighted by molar-refractivity contribution is 4.99. The number of hydrogen-bond acceptors (Lipinski definition) is 49. The van der Waals surface area contributed by atoms with Gasteiger partial charge >= 0.3 is 0 Å². The van der Waals surface area contributed by atoms with E-state index in [4.69, 9.17) is 56.8 Å². The molecular formula is C63H120N4O45. The first-order valence-electron chi connectivity index (χ1n) is 36.3. The Hall–Kier alpha value is -1.96. The molecule has 6 rings (SSSR count). The summed E-state index contributed by atoms with van der Waals surface area (Å²) < 4.78 is 65.1. The van der Waals surface area contributed by atoms with Crippen LogP contribution in [0.5, 0.6) is 0 Å². The highest BCUT2D eigenvalue weighted by Gasteiger charge is 2.55. The van der Waals surface area contributed by atoms with Crippen molar-refractivity contribution in [3.63, 3.8) is 0 Å². The molecule has 0 aromatic rings. The molecule has 42 atom stereocenters. The summed E-state index contributed by atoms with van der Waals surface area (Å²) in [6.07, 6.45) is -78.7. The standard InChI is InChI=1S/C63H120N4O45/c1-64(10-22(74)34(80)37(83)25(77)19-101-58-52(98)46(92)55(31(16-71)107-58)110-61-49(95)43(89)40(86)28(13-68)104-61)4-7-67(8-5-65(2)11-23(75)35(81)38(84)26(78)20-102-59-53(99)47(93)56(32(17-72)108-59)111-62-50(96)44(90)41(87)29(14-69)105-62)9-6-66(3)12-24(76)36(82)39(85)27(79)21-103-60-54(100)48(94)57(33(18-73)109-60)112-63-51(97)45(91)42(88)30(15-70)106-63/h22-63,68-100H,4-21H2,1-3H3/t22-,23-,24-,25+,26+,27+,28+,29+,30+,31+,32+,33+,34+,35+,36+,37-,38-,39-,40-,41-,42-,43-,44-,45-,46+,47+,48+,49+,50+,51+,52+,53+,54+,55+,56+,57+,58+,59+,60+,61-,62-,63-/m0/s1. The number of ether oxygens (including phenoxy) is 12. The minimum Gasteiger partial charge on any atom is -0.394 e. The minimum absolute atomic E-state index is 0.0460. The molecule has 0 aromatic carbocycles. The molecule has 6 heterocycles. The molecule has 0 unspecified atom stereocenters. The molecule has 0 radical (unpaired) electrons. The van der Waals surface area contributed by atoms with E-state index in [2.05, 4.69) is 0 Å². The number of aliphatic hydroxyl groups is 33. The Bertz CT molecular complexity index is 2340. The zero-order chi connectivity index (χ0) is 83.8. The van der Waals surface area contributed by atoms with Gasteiger partial charge in [-0.2, -0.15) is 0 Å². The van der Waals surface area contributed by atoms with Gasteiger partial charge in [0, 0.05) is 58.9 Å². The second-order valence-electron chi connectivity index (χ2n) is 29.0. The van der Waals surface area contributed by atoms with E-state index in [9.17, 15) is 169 Å². The zero-order valence-corrected chi connectivity index (χ0v) is 61.4. The fraction of sp³-hybridized carbons (Fsp3) is 1.00. The molecular weight excluding hydrogens is 1530 g/mol. The highest BCUT2D eigenvalue weighted by atomic mass is 16.8. The lowest BCUT2D eigenvalue weighted by Crippen LogP contribution is -2.64. The minimum atomic E-state index is -2.17. The van der Waals surface area contributed by atoms with E-state index in [1.807, 2.05) is 0 Å². The molecule has 0 aromatic heterocycles. The lowest BCUT2D eigenvalue weighted by molar-refractivity contribution is -0.360. The van der Waals surface area contributed by atoms with Crippen molar-refractivity contribution in [1.82, 2.24) is 19.6 Å². The summed E-state index contributed by atoms with van der Waals surface area (Å²) in [5, 5.41) is 349. The zero-order valence-electron chi connectivity index (χ0n) is 61.4. The largest absolute Gasteiger partial charge is 0.394 e. The molecule has 49 heteroatoms. The normalized spacial score (nSPS) is 40.5. The summed E-state index contributed by atoms with van der Waals surface area (Å²) in [4.78, 5) is 6.26. The van der Waals surface area contributed by atoms with Gasteiger partial charge in [0.25, 0.3) is 0 Å². The lowest BCUT2D eigenvalue weighted by Gasteiger charge is -2.46. The molecule has 6 aliphatic rings. The van der Waals surface area contributed by atoms with Crippen LogP contribution in [0.1, 0.15) is 0 Å². The van der Waals surface area contributed by atoms with Crippen LogP contribution in [0.25, 0.3) is 0 Å². The quantitative estimate of drug-likeness (QED) is 0.0269. The van der Waals surface area contributed by atoms with E-state index in [-0.39, 0.29) is 39.3 Å². The van der Waals surface area contributed by atoms with Crippen molar-refractivity contribution in [2.24, 2.45) is 0 Å². The second kappa shape index (κ2) is 46.2. The molecule has 0 bridgehead atoms. The molecule has 112 heavy (non-hydrogen) atoms. The van der Waals surface area contributed by atoms with Crippen LogP contribution in [0.3, 0.4) is 0 Å². The SMILES string of the molecule is CN(CCN(CCN(C)C[C@H](O)[C@@H](O)[C@@H](O)[C@H](O)CO[C@@H]1O[C@H](CO)[C@@H](O[C@@H]2O[C@H](CO)[C@H](O)[C@H](O)[C@H]2O)[C@H](O)[C@H]1O)CCN(C)C[C@H](O)[C@@H](O)[C@@H](O)[C@H](O)CO[C@@H]1O[C@H](CO)[C@@H](O[C@@H]2O[C@H](CO)[C@H](O)[C@H](O)[C@H]2O)[C@H](O)[C@H]1O)C[C@H](O)[C@@H](O)[C@@H](O)[C@H](O)CO[C@@H]1O[C@H](CO)[C@@H](O[C@@H]2O[C@H](CO)[C@H](O)[C@H](O)[C@H]2O)[C@H](O)[C@H]1O. The van der Waals surface area contributed by atoms with Crippen molar-refractivity contribution in [1.29, 1.82) is 0 Å². The van der Waals surface area contributed by atoms with Gasteiger partial charge in [-0.05, 0) is 21.1 Å². The van der Waals surface area contributed by atoms with Crippen LogP contribution < -0.4 is 0 Å². The third-order valence-electron chi connectivity index (χ3n) is 20.5. The maximum atomic E-state index is 11.1. The summed E-state index contributed by atoms with van der Waals surface area (Å²) in [7, 11) is 4.47. The molecule has 0 saturated carbocycles. The molecule has 33 N–H and O–H groups in total. The lowest BCUT2D eigenvalue weighted by atomic mass is 9.97. The van der Waals surface area contributed by atoms with E-state index in [0.717, 1.165) is 0 Å². The van der Waals surface area contributed by atoms with E-state index in [1.165, 1.54) is 35.8 Å². The fourth-order valence-corrected chi connectivity index (χ4v) is 13.1. The van der Waals surface area contributed by atoms with Gasteiger partial charge in [-0.3, -0.25) is 4.90 Å². The van der Waals surface area contributed by atoms with Crippen molar-refractivity contribution >= 4 is 0 Å². The Balaban J connectivity index is 1.02. The maximum Gasteiger partial charge on any atom is 0.187 e. The summed E-state index contributed by atoms with van der Waals surface area (Å²) in [6, 6.07) is 0. The van der Waals surface area contributed by atoms with Crippen molar-refractivity contribution < 1.29 is 225 Å². The molecule has 49 nitrogen and oxygen atoms in total. The Morgan fingerprint density at radius 1 is 0.241 bits per heavy atom. The summed E-state index contributed by atoms with van der Waals surface area (Å²) in [5.74, 6) is 0. The van der Waals surface area contributed by atoms with Crippen LogP contribution in [-0.4, -0.2) is 585 Å². The van der Waals surface area contributed by atoms with Crippen LogP contribution in [0.15, 0.2) is 0 Å². The number of nitrogens with zero attached hydrogens (tertiary/aromatic N) is 4. The van der Waals surface area contributed by atoms with Gasteiger partial charge < -0.3 is 240 Å². The van der Waals surface area contributed by atoms with Gasteiger partial charge in [0.15, 0.2) is 37.7 Å². The van der Waals surface area contributed by atoms with Crippen molar-refractivity contribution in [2.45, 2.75) is 257 Å². The smallest absolute Gasteiger partial charge is 0.187 e. The predicted molar refractivity (Wildman–Crippen MR) is 358 cm³/mol. The number of aliphatic hydroxyl groups excluding tert-OH is 33. The first-order chi connectivity index (χ1) is 52.7. The Morgan fingerprint density at radius 2 is 0.438 bits per heavy atom. The molecule has 0 aliphatic carbocycles. The van der Waals surface area contributed by atoms with E-state index >= 15 is 0 Å². The van der Waals surface area contributed by atoms with Gasteiger partial charge in [-0.1, -0.05) is 0 Å². The highest BCUT2D eigenvalue weighted by Crippen LogP contribution is 2.34. The van der Waals surface area contributed by atoms with Crippen LogP contribution in [0, 0.1) is 0 Å². The van der Waals surface area contributed by atoms with E-state index in [1.54, 1.807) is 4.90 Å². The monoisotopic (exact) mass is 1650 g/mol. The Kier molecular flexibility index (Phi) is 40.8. The van der Waals surface area contributed by atoms with Crippen LogP contribution in [0.4, 0.5) is 0 Å².